The van der Waals surface area contributed by atoms with Crippen molar-refractivity contribution >= 4 is 17.8 Å². The van der Waals surface area contributed by atoms with E-state index in [1.165, 1.54) is 4.90 Å². The van der Waals surface area contributed by atoms with Crippen molar-refractivity contribution in [3.8, 4) is 0 Å². The smallest absolute Gasteiger partial charge is 0.321 e. The predicted octanol–water partition coefficient (Wildman–Crippen LogP) is -0.803. The number of imide groups is 1. The molecule has 2 aliphatic rings. The molecule has 2 N–H and O–H groups in total. The Balaban J connectivity index is 2.18. The summed E-state index contributed by atoms with van der Waals surface area (Å²) in [6, 6.07) is -1.26. The summed E-state index contributed by atoms with van der Waals surface area (Å²) in [6.07, 6.45) is 1.71. The summed E-state index contributed by atoms with van der Waals surface area (Å²) in [5, 5.41) is 11.3. The standard InChI is InChI=1S/C10H14N2O4/c1-5-9(14)11-7(13)4-12(5)8(10(15)16)6-2-3-6/h5-6,8H,2-4H2,1H3,(H,15,16)(H,11,13,14). The number of nitrogens with one attached hydrogen (secondary N) is 1. The van der Waals surface area contributed by atoms with Gasteiger partial charge in [-0.2, -0.15) is 0 Å². The Morgan fingerprint density at radius 2 is 2.12 bits per heavy atom. The van der Waals surface area contributed by atoms with Gasteiger partial charge in [0.15, 0.2) is 0 Å². The van der Waals surface area contributed by atoms with Crippen LogP contribution in [-0.4, -0.2) is 46.4 Å². The summed E-state index contributed by atoms with van der Waals surface area (Å²) in [5.74, 6) is -1.70. The van der Waals surface area contributed by atoms with E-state index in [1.54, 1.807) is 6.92 Å². The fourth-order valence-electron chi connectivity index (χ4n) is 2.10. The van der Waals surface area contributed by atoms with Crippen LogP contribution in [0.1, 0.15) is 19.8 Å². The van der Waals surface area contributed by atoms with Gasteiger partial charge in [0.2, 0.25) is 11.8 Å². The van der Waals surface area contributed by atoms with Gasteiger partial charge in [0.05, 0.1) is 12.6 Å². The molecule has 88 valence electrons. The van der Waals surface area contributed by atoms with Gasteiger partial charge >= 0.3 is 5.97 Å². The van der Waals surface area contributed by atoms with Gasteiger partial charge in [0.1, 0.15) is 6.04 Å². The highest BCUT2D eigenvalue weighted by molar-refractivity contribution is 6.01. The van der Waals surface area contributed by atoms with Crippen LogP contribution in [0.15, 0.2) is 0 Å². The number of carbonyl (C=O) groups is 3. The highest BCUT2D eigenvalue weighted by atomic mass is 16.4. The van der Waals surface area contributed by atoms with E-state index >= 15 is 0 Å². The molecule has 1 saturated carbocycles. The molecule has 0 aromatic rings. The molecule has 16 heavy (non-hydrogen) atoms. The van der Waals surface area contributed by atoms with E-state index in [4.69, 9.17) is 5.11 Å². The van der Waals surface area contributed by atoms with Crippen molar-refractivity contribution < 1.29 is 19.5 Å². The fourth-order valence-corrected chi connectivity index (χ4v) is 2.10. The first-order chi connectivity index (χ1) is 7.50. The minimum atomic E-state index is -0.947. The third kappa shape index (κ3) is 1.92. The summed E-state index contributed by atoms with van der Waals surface area (Å²) >= 11 is 0. The van der Waals surface area contributed by atoms with Crippen LogP contribution >= 0.6 is 0 Å². The normalized spacial score (nSPS) is 28.7. The zero-order valence-electron chi connectivity index (χ0n) is 8.97. The van der Waals surface area contributed by atoms with E-state index in [0.717, 1.165) is 12.8 Å². The number of hydrogen-bond donors (Lipinski definition) is 2. The van der Waals surface area contributed by atoms with E-state index < -0.39 is 29.9 Å². The van der Waals surface area contributed by atoms with Crippen LogP contribution in [0.4, 0.5) is 0 Å². The van der Waals surface area contributed by atoms with Crippen molar-refractivity contribution in [1.82, 2.24) is 10.2 Å². The molecule has 0 aromatic heterocycles. The number of carbonyl (C=O) groups excluding carboxylic acids is 2. The molecule has 6 heteroatoms. The second kappa shape index (κ2) is 3.86. The zero-order chi connectivity index (χ0) is 11.9. The Labute approximate surface area is 92.6 Å². The molecule has 2 amide bonds. The van der Waals surface area contributed by atoms with Gasteiger partial charge in [-0.3, -0.25) is 24.6 Å². The number of carboxylic acid groups (broad SMARTS) is 1. The van der Waals surface area contributed by atoms with Crippen LogP contribution in [0.3, 0.4) is 0 Å². The van der Waals surface area contributed by atoms with Gasteiger partial charge in [-0.1, -0.05) is 0 Å². The van der Waals surface area contributed by atoms with E-state index in [2.05, 4.69) is 5.32 Å². The zero-order valence-corrected chi connectivity index (χ0v) is 8.97. The van der Waals surface area contributed by atoms with Gasteiger partial charge in [-0.15, -0.1) is 0 Å². The van der Waals surface area contributed by atoms with Crippen molar-refractivity contribution in [2.24, 2.45) is 5.92 Å². The van der Waals surface area contributed by atoms with Crippen molar-refractivity contribution in [1.29, 1.82) is 0 Å². The van der Waals surface area contributed by atoms with E-state index in [9.17, 15) is 14.4 Å². The lowest BCUT2D eigenvalue weighted by Gasteiger charge is -2.35. The Bertz CT molecular complexity index is 351. The van der Waals surface area contributed by atoms with Gasteiger partial charge in [-0.25, -0.2) is 0 Å². The van der Waals surface area contributed by atoms with Crippen molar-refractivity contribution in [2.75, 3.05) is 6.54 Å². The Morgan fingerprint density at radius 1 is 1.50 bits per heavy atom. The minimum absolute atomic E-state index is 0.0135. The van der Waals surface area contributed by atoms with Crippen molar-refractivity contribution in [2.45, 2.75) is 31.8 Å². The van der Waals surface area contributed by atoms with Crippen LogP contribution in [0.5, 0.6) is 0 Å². The Kier molecular flexibility index (Phi) is 2.67. The van der Waals surface area contributed by atoms with Crippen molar-refractivity contribution in [3.05, 3.63) is 0 Å². The Hall–Kier alpha value is -1.43. The van der Waals surface area contributed by atoms with Crippen LogP contribution in [-0.2, 0) is 14.4 Å². The number of hydrogen-bond acceptors (Lipinski definition) is 4. The topological polar surface area (TPSA) is 86.7 Å². The number of nitrogens with zero attached hydrogens (tertiary/aromatic N) is 1. The maximum absolute atomic E-state index is 11.4. The summed E-state index contributed by atoms with van der Waals surface area (Å²) < 4.78 is 0. The molecular weight excluding hydrogens is 212 g/mol. The monoisotopic (exact) mass is 226 g/mol. The second-order valence-electron chi connectivity index (χ2n) is 4.38. The molecule has 1 aliphatic heterocycles. The molecule has 2 atom stereocenters. The summed E-state index contributed by atoms with van der Waals surface area (Å²) in [4.78, 5) is 35.3. The fraction of sp³-hybridized carbons (Fsp3) is 0.700. The maximum Gasteiger partial charge on any atom is 0.321 e. The first-order valence-electron chi connectivity index (χ1n) is 5.33. The average molecular weight is 226 g/mol. The number of piperazine rings is 1. The van der Waals surface area contributed by atoms with Crippen LogP contribution in [0.2, 0.25) is 0 Å². The first kappa shape index (κ1) is 11.1. The third-order valence-electron chi connectivity index (χ3n) is 3.14. The molecule has 1 heterocycles. The summed E-state index contributed by atoms with van der Waals surface area (Å²) in [5.41, 5.74) is 0. The Morgan fingerprint density at radius 3 is 2.62 bits per heavy atom. The molecule has 2 fully saturated rings. The highest BCUT2D eigenvalue weighted by Crippen LogP contribution is 2.36. The molecule has 1 saturated heterocycles. The van der Waals surface area contributed by atoms with Crippen molar-refractivity contribution in [3.63, 3.8) is 0 Å². The number of rotatable bonds is 3. The summed E-state index contributed by atoms with van der Waals surface area (Å²) in [6.45, 7) is 1.61. The van der Waals surface area contributed by atoms with E-state index in [1.807, 2.05) is 0 Å². The minimum Gasteiger partial charge on any atom is -0.480 e. The highest BCUT2D eigenvalue weighted by Gasteiger charge is 2.45. The second-order valence-corrected chi connectivity index (χ2v) is 4.38. The van der Waals surface area contributed by atoms with Crippen LogP contribution < -0.4 is 5.32 Å². The van der Waals surface area contributed by atoms with Gasteiger partial charge in [0, 0.05) is 0 Å². The molecule has 2 unspecified atom stereocenters. The SMILES string of the molecule is CC1C(=O)NC(=O)CN1C(C(=O)O)C1CC1. The molecular formula is C10H14N2O4. The quantitative estimate of drug-likeness (QED) is 0.615. The molecule has 6 nitrogen and oxygen atoms in total. The van der Waals surface area contributed by atoms with Crippen LogP contribution in [0.25, 0.3) is 0 Å². The predicted molar refractivity (Wildman–Crippen MR) is 53.5 cm³/mol. The number of carboxylic acids is 1. The molecule has 2 rings (SSSR count). The van der Waals surface area contributed by atoms with Crippen LogP contribution in [0, 0.1) is 5.92 Å². The lowest BCUT2D eigenvalue weighted by atomic mass is 10.1. The molecule has 0 aromatic carbocycles. The van der Waals surface area contributed by atoms with Gasteiger partial charge < -0.3 is 5.11 Å². The molecule has 0 radical (unpaired) electrons. The molecule has 0 spiro atoms. The lowest BCUT2D eigenvalue weighted by molar-refractivity contribution is -0.150. The van der Waals surface area contributed by atoms with Gasteiger partial charge in [-0.05, 0) is 25.7 Å². The van der Waals surface area contributed by atoms with E-state index in [0.29, 0.717) is 0 Å². The third-order valence-corrected chi connectivity index (χ3v) is 3.14. The maximum atomic E-state index is 11.4. The number of amides is 2. The molecule has 0 bridgehead atoms. The first-order valence-corrected chi connectivity index (χ1v) is 5.33. The molecule has 1 aliphatic carbocycles. The van der Waals surface area contributed by atoms with E-state index in [-0.39, 0.29) is 12.5 Å². The van der Waals surface area contributed by atoms with Gasteiger partial charge in [0.25, 0.3) is 0 Å². The number of aliphatic carboxylic acids is 1. The summed E-state index contributed by atoms with van der Waals surface area (Å²) in [7, 11) is 0. The lowest BCUT2D eigenvalue weighted by Crippen LogP contribution is -2.61. The average Bonchev–Trinajstić information content (AvgIpc) is 2.97. The largest absolute Gasteiger partial charge is 0.480 e.